The maximum atomic E-state index is 12.1. The largest absolute Gasteiger partial charge is 0.453 e. The van der Waals surface area contributed by atoms with Crippen LogP contribution >= 0.6 is 23.4 Å². The summed E-state index contributed by atoms with van der Waals surface area (Å²) in [6.07, 6.45) is 2.10. The predicted octanol–water partition coefficient (Wildman–Crippen LogP) is 2.25. The van der Waals surface area contributed by atoms with E-state index < -0.39 is 5.97 Å². The summed E-state index contributed by atoms with van der Waals surface area (Å²) in [6, 6.07) is 6.34. The summed E-state index contributed by atoms with van der Waals surface area (Å²) in [7, 11) is 0. The fourth-order valence-electron chi connectivity index (χ4n) is 2.25. The molecule has 1 saturated heterocycles. The molecule has 5 nitrogen and oxygen atoms in total. The third kappa shape index (κ3) is 2.89. The second-order valence-corrected chi connectivity index (χ2v) is 6.50. The van der Waals surface area contributed by atoms with Gasteiger partial charge in [-0.1, -0.05) is 11.6 Å². The van der Waals surface area contributed by atoms with Crippen molar-refractivity contribution < 1.29 is 19.1 Å². The van der Waals surface area contributed by atoms with Crippen LogP contribution in [0.3, 0.4) is 0 Å². The predicted molar refractivity (Wildman–Crippen MR) is 82.5 cm³/mol. The van der Waals surface area contributed by atoms with Crippen LogP contribution < -0.4 is 0 Å². The van der Waals surface area contributed by atoms with Crippen molar-refractivity contribution >= 4 is 41.0 Å². The number of benzene rings is 1. The highest BCUT2D eigenvalue weighted by Gasteiger charge is 2.43. The Labute approximate surface area is 136 Å². The highest BCUT2D eigenvalue weighted by Crippen LogP contribution is 2.37. The number of thioether (sulfide) groups is 1. The SMILES string of the molecule is O=C(OCC(=O)c1ccc(Cl)cc1)C1=CCS[C@@H]2CC(=O)N12. The fourth-order valence-corrected chi connectivity index (χ4v) is 3.50. The lowest BCUT2D eigenvalue weighted by atomic mass is 10.1. The molecule has 0 bridgehead atoms. The van der Waals surface area contributed by atoms with Crippen LogP contribution in [0.2, 0.25) is 5.02 Å². The Morgan fingerprint density at radius 3 is 2.73 bits per heavy atom. The van der Waals surface area contributed by atoms with E-state index in [-0.39, 0.29) is 29.4 Å². The van der Waals surface area contributed by atoms with Crippen molar-refractivity contribution in [3.05, 3.63) is 46.6 Å². The van der Waals surface area contributed by atoms with Gasteiger partial charge in [0.1, 0.15) is 5.70 Å². The van der Waals surface area contributed by atoms with E-state index in [2.05, 4.69) is 0 Å². The first-order valence-electron chi connectivity index (χ1n) is 6.66. The van der Waals surface area contributed by atoms with Crippen LogP contribution in [-0.2, 0) is 14.3 Å². The van der Waals surface area contributed by atoms with E-state index in [1.807, 2.05) is 0 Å². The average Bonchev–Trinajstić information content (AvgIpc) is 2.51. The Morgan fingerprint density at radius 1 is 1.32 bits per heavy atom. The molecule has 2 heterocycles. The Balaban J connectivity index is 1.60. The second-order valence-electron chi connectivity index (χ2n) is 4.85. The van der Waals surface area contributed by atoms with Crippen molar-refractivity contribution in [2.75, 3.05) is 12.4 Å². The van der Waals surface area contributed by atoms with Gasteiger partial charge in [0.15, 0.2) is 12.4 Å². The Kier molecular flexibility index (Phi) is 4.22. The number of β-lactam (4-membered cyclic amide) rings is 1. The summed E-state index contributed by atoms with van der Waals surface area (Å²) in [5.74, 6) is -0.392. The Hall–Kier alpha value is -1.79. The van der Waals surface area contributed by atoms with Gasteiger partial charge in [0.05, 0.1) is 11.8 Å². The molecule has 3 rings (SSSR count). The zero-order valence-electron chi connectivity index (χ0n) is 11.5. The first kappa shape index (κ1) is 15.1. The van der Waals surface area contributed by atoms with E-state index in [9.17, 15) is 14.4 Å². The minimum absolute atomic E-state index is 0.0204. The molecule has 1 fully saturated rings. The summed E-state index contributed by atoms with van der Waals surface area (Å²) in [6.45, 7) is -0.363. The minimum atomic E-state index is -0.638. The molecular weight excluding hydrogens is 326 g/mol. The van der Waals surface area contributed by atoms with Crippen LogP contribution in [0.4, 0.5) is 0 Å². The number of carbonyl (C=O) groups is 3. The number of esters is 1. The number of ether oxygens (including phenoxy) is 1. The summed E-state index contributed by atoms with van der Waals surface area (Å²) in [5, 5.41) is 0.549. The van der Waals surface area contributed by atoms with Crippen LogP contribution in [0, 0.1) is 0 Å². The van der Waals surface area contributed by atoms with Gasteiger partial charge in [-0.2, -0.15) is 0 Å². The Bertz CT molecular complexity index is 671. The zero-order valence-corrected chi connectivity index (χ0v) is 13.0. The second kappa shape index (κ2) is 6.14. The van der Waals surface area contributed by atoms with E-state index in [1.165, 1.54) is 4.90 Å². The molecule has 114 valence electrons. The number of halogens is 1. The quantitative estimate of drug-likeness (QED) is 0.479. The van der Waals surface area contributed by atoms with Gasteiger partial charge in [0.2, 0.25) is 5.91 Å². The lowest BCUT2D eigenvalue weighted by Crippen LogP contribution is -2.53. The van der Waals surface area contributed by atoms with Gasteiger partial charge >= 0.3 is 5.97 Å². The smallest absolute Gasteiger partial charge is 0.355 e. The van der Waals surface area contributed by atoms with Gasteiger partial charge in [-0.05, 0) is 30.3 Å². The molecule has 2 aliphatic heterocycles. The first-order chi connectivity index (χ1) is 10.6. The van der Waals surface area contributed by atoms with Crippen molar-refractivity contribution in [1.29, 1.82) is 0 Å². The van der Waals surface area contributed by atoms with E-state index >= 15 is 0 Å². The van der Waals surface area contributed by atoms with Crippen molar-refractivity contribution in [3.8, 4) is 0 Å². The number of nitrogens with zero attached hydrogens (tertiary/aromatic N) is 1. The molecule has 0 radical (unpaired) electrons. The van der Waals surface area contributed by atoms with Gasteiger partial charge in [-0.3, -0.25) is 14.5 Å². The normalized spacial score (nSPS) is 19.9. The van der Waals surface area contributed by atoms with Gasteiger partial charge in [0, 0.05) is 16.3 Å². The first-order valence-corrected chi connectivity index (χ1v) is 8.08. The number of Topliss-reactive ketones (excluding diaryl/α,β-unsaturated/α-hetero) is 1. The molecule has 22 heavy (non-hydrogen) atoms. The van der Waals surface area contributed by atoms with E-state index in [1.54, 1.807) is 42.1 Å². The summed E-state index contributed by atoms with van der Waals surface area (Å²) in [5.41, 5.74) is 0.659. The molecule has 0 aromatic heterocycles. The Morgan fingerprint density at radius 2 is 2.05 bits per heavy atom. The fraction of sp³-hybridized carbons (Fsp3) is 0.267. The molecule has 0 unspecified atom stereocenters. The highest BCUT2D eigenvalue weighted by molar-refractivity contribution is 8.00. The molecule has 0 spiro atoms. The molecule has 1 aromatic carbocycles. The molecule has 1 aromatic rings. The van der Waals surface area contributed by atoms with E-state index in [0.29, 0.717) is 22.8 Å². The molecular formula is C15H12ClNO4S. The number of fused-ring (bicyclic) bond motifs is 1. The van der Waals surface area contributed by atoms with Crippen LogP contribution in [0.15, 0.2) is 36.0 Å². The molecule has 0 saturated carbocycles. The summed E-state index contributed by atoms with van der Waals surface area (Å²) in [4.78, 5) is 37.0. The van der Waals surface area contributed by atoms with Crippen LogP contribution in [0.1, 0.15) is 16.8 Å². The maximum Gasteiger partial charge on any atom is 0.355 e. The molecule has 1 atom stereocenters. The molecule has 2 aliphatic rings. The molecule has 1 amide bonds. The van der Waals surface area contributed by atoms with Crippen molar-refractivity contribution in [1.82, 2.24) is 4.90 Å². The number of amides is 1. The van der Waals surface area contributed by atoms with Crippen molar-refractivity contribution in [3.63, 3.8) is 0 Å². The topological polar surface area (TPSA) is 63.7 Å². The lowest BCUT2D eigenvalue weighted by molar-refractivity contribution is -0.148. The highest BCUT2D eigenvalue weighted by atomic mass is 35.5. The molecule has 0 aliphatic carbocycles. The number of carbonyl (C=O) groups excluding carboxylic acids is 3. The zero-order chi connectivity index (χ0) is 15.7. The minimum Gasteiger partial charge on any atom is -0.453 e. The van der Waals surface area contributed by atoms with Gasteiger partial charge in [-0.15, -0.1) is 11.8 Å². The standard InChI is InChI=1S/C15H12ClNO4S/c16-10-3-1-9(2-4-10)12(18)8-21-15(20)11-5-6-22-14-7-13(19)17(11)14/h1-5,14H,6-8H2/t14-/m1/s1. The van der Waals surface area contributed by atoms with Crippen LogP contribution in [0.5, 0.6) is 0 Å². The van der Waals surface area contributed by atoms with Crippen molar-refractivity contribution in [2.24, 2.45) is 0 Å². The van der Waals surface area contributed by atoms with Crippen LogP contribution in [-0.4, -0.2) is 40.3 Å². The molecule has 0 N–H and O–H groups in total. The number of rotatable bonds is 4. The summed E-state index contributed by atoms with van der Waals surface area (Å²) >= 11 is 7.35. The van der Waals surface area contributed by atoms with E-state index in [0.717, 1.165) is 0 Å². The van der Waals surface area contributed by atoms with Crippen LogP contribution in [0.25, 0.3) is 0 Å². The molecule has 7 heteroatoms. The van der Waals surface area contributed by atoms with Crippen molar-refractivity contribution in [2.45, 2.75) is 11.8 Å². The number of hydrogen-bond acceptors (Lipinski definition) is 5. The lowest BCUT2D eigenvalue weighted by Gasteiger charge is -2.42. The maximum absolute atomic E-state index is 12.1. The van der Waals surface area contributed by atoms with Gasteiger partial charge < -0.3 is 4.74 Å². The number of ketones is 1. The van der Waals surface area contributed by atoms with Gasteiger partial charge in [-0.25, -0.2) is 4.79 Å². The monoisotopic (exact) mass is 337 g/mol. The van der Waals surface area contributed by atoms with E-state index in [4.69, 9.17) is 16.3 Å². The summed E-state index contributed by atoms with van der Waals surface area (Å²) < 4.78 is 5.04. The third-order valence-corrected chi connectivity index (χ3v) is 4.81. The number of hydrogen-bond donors (Lipinski definition) is 0. The van der Waals surface area contributed by atoms with Gasteiger partial charge in [0.25, 0.3) is 0 Å². The average molecular weight is 338 g/mol. The third-order valence-electron chi connectivity index (χ3n) is 3.44.